The van der Waals surface area contributed by atoms with Crippen molar-refractivity contribution in [1.29, 1.82) is 0 Å². The number of ether oxygens (including phenoxy) is 2. The molecule has 3 rings (SSSR count). The highest BCUT2D eigenvalue weighted by molar-refractivity contribution is 7.09. The fourth-order valence-corrected chi connectivity index (χ4v) is 4.28. The summed E-state index contributed by atoms with van der Waals surface area (Å²) in [5.74, 6) is -0.0727. The van der Waals surface area contributed by atoms with Gasteiger partial charge in [0, 0.05) is 38.0 Å². The number of amides is 2. The Hall–Kier alpha value is -2.49. The van der Waals surface area contributed by atoms with E-state index in [0.717, 1.165) is 29.4 Å². The summed E-state index contributed by atoms with van der Waals surface area (Å²) in [5.41, 5.74) is 1.75. The molecule has 1 aromatic heterocycles. The second-order valence-electron chi connectivity index (χ2n) is 8.53. The maximum atomic E-state index is 12.9. The summed E-state index contributed by atoms with van der Waals surface area (Å²) in [7, 11) is 1.71. The first-order valence-electron chi connectivity index (χ1n) is 11.4. The molecular weight excluding hydrogens is 440 g/mol. The minimum absolute atomic E-state index is 0.177. The predicted octanol–water partition coefficient (Wildman–Crippen LogP) is 3.24. The lowest BCUT2D eigenvalue weighted by Crippen LogP contribution is -2.49. The van der Waals surface area contributed by atoms with E-state index in [1.165, 1.54) is 0 Å². The summed E-state index contributed by atoms with van der Waals surface area (Å²) in [6.07, 6.45) is 0.474. The van der Waals surface area contributed by atoms with Gasteiger partial charge in [0.25, 0.3) is 0 Å². The van der Waals surface area contributed by atoms with Gasteiger partial charge in [0.2, 0.25) is 0 Å². The number of urea groups is 1. The van der Waals surface area contributed by atoms with Crippen LogP contribution in [0.1, 0.15) is 42.5 Å². The molecule has 1 N–H and O–H groups in total. The van der Waals surface area contributed by atoms with Crippen LogP contribution in [0.25, 0.3) is 0 Å². The first-order chi connectivity index (χ1) is 15.9. The predicted molar refractivity (Wildman–Crippen MR) is 128 cm³/mol. The molecular formula is C24H34N4O4S. The largest absolute Gasteiger partial charge is 0.459 e. The molecule has 0 saturated carbocycles. The fraction of sp³-hybridized carbons (Fsp3) is 0.542. The number of esters is 1. The van der Waals surface area contributed by atoms with Crippen molar-refractivity contribution in [3.63, 3.8) is 0 Å². The van der Waals surface area contributed by atoms with Gasteiger partial charge in [0.15, 0.2) is 0 Å². The summed E-state index contributed by atoms with van der Waals surface area (Å²) >= 11 is 1.60. The molecule has 2 aromatic rings. The van der Waals surface area contributed by atoms with Crippen LogP contribution in [0, 0.1) is 0 Å². The highest BCUT2D eigenvalue weighted by Gasteiger charge is 2.25. The molecule has 1 saturated heterocycles. The Morgan fingerprint density at radius 3 is 2.64 bits per heavy atom. The van der Waals surface area contributed by atoms with Crippen molar-refractivity contribution in [2.45, 2.75) is 45.4 Å². The molecule has 0 unspecified atom stereocenters. The van der Waals surface area contributed by atoms with E-state index in [4.69, 9.17) is 9.47 Å². The third-order valence-corrected chi connectivity index (χ3v) is 6.65. The maximum Gasteiger partial charge on any atom is 0.329 e. The number of nitrogens with zero attached hydrogens (tertiary/aromatic N) is 3. The number of hydrogen-bond donors (Lipinski definition) is 1. The van der Waals surface area contributed by atoms with Crippen LogP contribution in [-0.4, -0.2) is 72.7 Å². The number of benzene rings is 1. The molecule has 8 nitrogen and oxygen atoms in total. The van der Waals surface area contributed by atoms with Crippen molar-refractivity contribution in [2.75, 3.05) is 39.9 Å². The summed E-state index contributed by atoms with van der Waals surface area (Å²) in [6.45, 7) is 8.44. The van der Waals surface area contributed by atoms with Crippen LogP contribution in [0.2, 0.25) is 0 Å². The number of rotatable bonds is 10. The summed E-state index contributed by atoms with van der Waals surface area (Å²) < 4.78 is 10.9. The van der Waals surface area contributed by atoms with Gasteiger partial charge in [0.05, 0.1) is 30.5 Å². The minimum Gasteiger partial charge on any atom is -0.459 e. The summed E-state index contributed by atoms with van der Waals surface area (Å²) in [4.78, 5) is 34.1. The van der Waals surface area contributed by atoms with E-state index in [-0.39, 0.29) is 12.6 Å². The molecule has 1 atom stereocenters. The van der Waals surface area contributed by atoms with Crippen LogP contribution in [0.3, 0.4) is 0 Å². The lowest BCUT2D eigenvalue weighted by atomic mass is 10.2. The second kappa shape index (κ2) is 12.7. The lowest BCUT2D eigenvalue weighted by Gasteiger charge is -2.28. The van der Waals surface area contributed by atoms with Crippen molar-refractivity contribution >= 4 is 23.3 Å². The van der Waals surface area contributed by atoms with Gasteiger partial charge >= 0.3 is 12.0 Å². The fourth-order valence-electron chi connectivity index (χ4n) is 3.45. The lowest BCUT2D eigenvalue weighted by molar-refractivity contribution is -0.147. The molecule has 180 valence electrons. The molecule has 1 aliphatic rings. The van der Waals surface area contributed by atoms with Crippen molar-refractivity contribution in [3.05, 3.63) is 52.0 Å². The number of carbonyl (C=O) groups excluding carboxylic acids is 2. The standard InChI is InChI=1S/C24H34N4O4S/c1-18(2)22-25-20(17-33-22)15-27(3)24(30)26-21(9-10-28-11-13-31-14-12-28)23(29)32-16-19-7-5-4-6-8-19/h4-8,17-18,21H,9-16H2,1-3H3,(H,26,30)/t21-/m1/s1. The Balaban J connectivity index is 1.58. The quantitative estimate of drug-likeness (QED) is 0.532. The van der Waals surface area contributed by atoms with E-state index in [1.807, 2.05) is 35.7 Å². The van der Waals surface area contributed by atoms with Gasteiger partial charge in [-0.05, 0) is 12.0 Å². The van der Waals surface area contributed by atoms with E-state index in [1.54, 1.807) is 23.3 Å². The summed E-state index contributed by atoms with van der Waals surface area (Å²) in [6, 6.07) is 8.48. The number of hydrogen-bond acceptors (Lipinski definition) is 7. The third kappa shape index (κ3) is 8.10. The number of nitrogens with one attached hydrogen (secondary N) is 1. The van der Waals surface area contributed by atoms with E-state index in [2.05, 4.69) is 29.0 Å². The zero-order valence-electron chi connectivity index (χ0n) is 19.7. The molecule has 0 aliphatic carbocycles. The van der Waals surface area contributed by atoms with Crippen LogP contribution in [-0.2, 0) is 27.4 Å². The zero-order chi connectivity index (χ0) is 23.6. The zero-order valence-corrected chi connectivity index (χ0v) is 20.5. The van der Waals surface area contributed by atoms with Gasteiger partial charge in [-0.15, -0.1) is 11.3 Å². The van der Waals surface area contributed by atoms with Gasteiger partial charge in [0.1, 0.15) is 12.6 Å². The Morgan fingerprint density at radius 1 is 1.24 bits per heavy atom. The smallest absolute Gasteiger partial charge is 0.329 e. The topological polar surface area (TPSA) is 84.0 Å². The monoisotopic (exact) mass is 474 g/mol. The van der Waals surface area contributed by atoms with Crippen LogP contribution in [0.5, 0.6) is 0 Å². The van der Waals surface area contributed by atoms with E-state index < -0.39 is 12.0 Å². The molecule has 1 fully saturated rings. The Kier molecular flexibility index (Phi) is 9.65. The van der Waals surface area contributed by atoms with Crippen molar-refractivity contribution in [2.24, 2.45) is 0 Å². The highest BCUT2D eigenvalue weighted by atomic mass is 32.1. The summed E-state index contributed by atoms with van der Waals surface area (Å²) in [5, 5.41) is 5.90. The van der Waals surface area contributed by atoms with E-state index >= 15 is 0 Å². The molecule has 0 radical (unpaired) electrons. The van der Waals surface area contributed by atoms with E-state index in [9.17, 15) is 9.59 Å². The number of morpholine rings is 1. The average Bonchev–Trinajstić information content (AvgIpc) is 3.30. The van der Waals surface area contributed by atoms with Crippen LogP contribution in [0.15, 0.2) is 35.7 Å². The number of aromatic nitrogens is 1. The van der Waals surface area contributed by atoms with Crippen LogP contribution >= 0.6 is 11.3 Å². The second-order valence-corrected chi connectivity index (χ2v) is 9.42. The molecule has 1 aromatic carbocycles. The van der Waals surface area contributed by atoms with Gasteiger partial charge in [-0.2, -0.15) is 0 Å². The number of carbonyl (C=O) groups is 2. The molecule has 2 heterocycles. The highest BCUT2D eigenvalue weighted by Crippen LogP contribution is 2.19. The number of thiazole rings is 1. The first-order valence-corrected chi connectivity index (χ1v) is 12.3. The van der Waals surface area contributed by atoms with E-state index in [0.29, 0.717) is 38.6 Å². The third-order valence-electron chi connectivity index (χ3n) is 5.45. The SMILES string of the molecule is CC(C)c1nc(CN(C)C(=O)N[C@H](CCN2CCOCC2)C(=O)OCc2ccccc2)cs1. The average molecular weight is 475 g/mol. The molecule has 0 spiro atoms. The Morgan fingerprint density at radius 2 is 1.97 bits per heavy atom. The maximum absolute atomic E-state index is 12.9. The van der Waals surface area contributed by atoms with Crippen molar-refractivity contribution in [3.8, 4) is 0 Å². The normalized spacial score (nSPS) is 15.3. The molecule has 9 heteroatoms. The van der Waals surface area contributed by atoms with Crippen LogP contribution < -0.4 is 5.32 Å². The molecule has 0 bridgehead atoms. The van der Waals surface area contributed by atoms with Gasteiger partial charge in [-0.1, -0.05) is 44.2 Å². The van der Waals surface area contributed by atoms with Gasteiger partial charge in [-0.25, -0.2) is 14.6 Å². The Labute approximate surface area is 199 Å². The molecule has 2 amide bonds. The first kappa shape index (κ1) is 25.1. The van der Waals surface area contributed by atoms with Crippen LogP contribution in [0.4, 0.5) is 4.79 Å². The molecule has 33 heavy (non-hydrogen) atoms. The van der Waals surface area contributed by atoms with Crippen molar-refractivity contribution < 1.29 is 19.1 Å². The van der Waals surface area contributed by atoms with Gasteiger partial charge in [-0.3, -0.25) is 4.90 Å². The minimum atomic E-state index is -0.729. The Bertz CT molecular complexity index is 884. The van der Waals surface area contributed by atoms with Crippen molar-refractivity contribution in [1.82, 2.24) is 20.1 Å². The molecule has 1 aliphatic heterocycles. The van der Waals surface area contributed by atoms with Gasteiger partial charge < -0.3 is 19.7 Å².